The van der Waals surface area contributed by atoms with Gasteiger partial charge in [-0.15, -0.1) is 0 Å². The Bertz CT molecular complexity index is 707. The van der Waals surface area contributed by atoms with Crippen molar-refractivity contribution in [3.05, 3.63) is 29.3 Å². The number of hydrogen-bond acceptors (Lipinski definition) is 5. The van der Waals surface area contributed by atoms with E-state index < -0.39 is 0 Å². The van der Waals surface area contributed by atoms with Crippen molar-refractivity contribution in [2.45, 2.75) is 45.3 Å². The number of carbonyl (C=O) groups excluding carboxylic acids is 1. The maximum absolute atomic E-state index is 12.2. The molecule has 2 saturated heterocycles. The van der Waals surface area contributed by atoms with Crippen LogP contribution in [-0.2, 0) is 22.5 Å². The molecular formula is C23H35N3O3. The van der Waals surface area contributed by atoms with Crippen molar-refractivity contribution in [1.29, 1.82) is 0 Å². The first-order chi connectivity index (χ1) is 14.0. The van der Waals surface area contributed by atoms with Crippen LogP contribution in [0.3, 0.4) is 0 Å². The lowest BCUT2D eigenvalue weighted by molar-refractivity contribution is -0.123. The number of morpholine rings is 1. The number of para-hydroxylation sites is 1. The molecule has 4 rings (SSSR count). The number of piperidine rings is 1. The number of rotatable bonds is 6. The van der Waals surface area contributed by atoms with Crippen molar-refractivity contribution >= 4 is 5.91 Å². The molecule has 6 heteroatoms. The molecule has 0 spiro atoms. The first-order valence-electron chi connectivity index (χ1n) is 11.1. The Morgan fingerprint density at radius 1 is 1.14 bits per heavy atom. The zero-order chi connectivity index (χ0) is 20.3. The van der Waals surface area contributed by atoms with Crippen molar-refractivity contribution in [3.63, 3.8) is 0 Å². The van der Waals surface area contributed by atoms with Gasteiger partial charge in [0.2, 0.25) is 5.91 Å². The number of ether oxygens (including phenoxy) is 2. The molecule has 3 heterocycles. The van der Waals surface area contributed by atoms with Crippen LogP contribution in [0.4, 0.5) is 0 Å². The van der Waals surface area contributed by atoms with Gasteiger partial charge in [-0.1, -0.05) is 18.2 Å². The topological polar surface area (TPSA) is 54.0 Å². The van der Waals surface area contributed by atoms with Gasteiger partial charge in [0.1, 0.15) is 11.4 Å². The van der Waals surface area contributed by atoms with Crippen LogP contribution in [0.15, 0.2) is 18.2 Å². The Morgan fingerprint density at radius 3 is 2.66 bits per heavy atom. The molecule has 0 radical (unpaired) electrons. The number of amides is 1. The van der Waals surface area contributed by atoms with Gasteiger partial charge >= 0.3 is 0 Å². The first kappa shape index (κ1) is 20.6. The Morgan fingerprint density at radius 2 is 1.90 bits per heavy atom. The van der Waals surface area contributed by atoms with Crippen molar-refractivity contribution < 1.29 is 14.3 Å². The minimum absolute atomic E-state index is 0.0924. The summed E-state index contributed by atoms with van der Waals surface area (Å²) in [5.41, 5.74) is 2.56. The van der Waals surface area contributed by atoms with Gasteiger partial charge in [-0.05, 0) is 51.3 Å². The molecule has 0 atom stereocenters. The highest BCUT2D eigenvalue weighted by Gasteiger charge is 2.32. The maximum atomic E-state index is 12.2. The van der Waals surface area contributed by atoms with Crippen molar-refractivity contribution in [2.75, 3.05) is 52.5 Å². The van der Waals surface area contributed by atoms with Crippen LogP contribution < -0.4 is 10.1 Å². The summed E-state index contributed by atoms with van der Waals surface area (Å²) < 4.78 is 11.6. The van der Waals surface area contributed by atoms with Gasteiger partial charge in [-0.2, -0.15) is 0 Å². The number of nitrogens with one attached hydrogen (secondary N) is 1. The Hall–Kier alpha value is -1.63. The molecule has 1 amide bonds. The smallest absolute Gasteiger partial charge is 0.234 e. The van der Waals surface area contributed by atoms with Gasteiger partial charge in [0, 0.05) is 38.2 Å². The molecule has 3 aliphatic rings. The number of nitrogens with zero attached hydrogens (tertiary/aromatic N) is 2. The van der Waals surface area contributed by atoms with Crippen molar-refractivity contribution in [1.82, 2.24) is 15.1 Å². The number of likely N-dealkylation sites (tertiary alicyclic amines) is 1. The molecule has 0 bridgehead atoms. The molecule has 1 N–H and O–H groups in total. The molecule has 0 aliphatic carbocycles. The molecule has 3 aliphatic heterocycles. The van der Waals surface area contributed by atoms with Crippen molar-refractivity contribution in [3.8, 4) is 5.75 Å². The van der Waals surface area contributed by atoms with E-state index in [-0.39, 0.29) is 11.5 Å². The Labute approximate surface area is 174 Å². The molecular weight excluding hydrogens is 366 g/mol. The quantitative estimate of drug-likeness (QED) is 0.791. The lowest BCUT2D eigenvalue weighted by Gasteiger charge is -2.32. The lowest BCUT2D eigenvalue weighted by atomic mass is 9.96. The average Bonchev–Trinajstić information content (AvgIpc) is 3.03. The van der Waals surface area contributed by atoms with Crippen LogP contribution in [0.5, 0.6) is 5.75 Å². The third kappa shape index (κ3) is 5.50. The summed E-state index contributed by atoms with van der Waals surface area (Å²) in [5.74, 6) is 1.83. The van der Waals surface area contributed by atoms with Gasteiger partial charge in [-0.3, -0.25) is 14.6 Å². The van der Waals surface area contributed by atoms with E-state index >= 15 is 0 Å². The normalized spacial score (nSPS) is 22.8. The van der Waals surface area contributed by atoms with Gasteiger partial charge in [-0.25, -0.2) is 0 Å². The van der Waals surface area contributed by atoms with Gasteiger partial charge in [0.05, 0.1) is 19.8 Å². The fourth-order valence-corrected chi connectivity index (χ4v) is 4.67. The second-order valence-corrected chi connectivity index (χ2v) is 9.36. The van der Waals surface area contributed by atoms with Crippen LogP contribution in [0.25, 0.3) is 0 Å². The van der Waals surface area contributed by atoms with Crippen LogP contribution in [0.1, 0.15) is 37.8 Å². The van der Waals surface area contributed by atoms with E-state index in [0.717, 1.165) is 77.5 Å². The fourth-order valence-electron chi connectivity index (χ4n) is 4.67. The van der Waals surface area contributed by atoms with Crippen LogP contribution in [0, 0.1) is 5.92 Å². The van der Waals surface area contributed by atoms with Crippen molar-refractivity contribution in [2.24, 2.45) is 5.92 Å². The fraction of sp³-hybridized carbons (Fsp3) is 0.696. The third-order valence-electron chi connectivity index (χ3n) is 6.33. The molecule has 1 aromatic rings. The number of hydrogen-bond donors (Lipinski definition) is 1. The second-order valence-electron chi connectivity index (χ2n) is 9.36. The van der Waals surface area contributed by atoms with E-state index in [1.165, 1.54) is 11.1 Å². The summed E-state index contributed by atoms with van der Waals surface area (Å²) in [6.07, 6.45) is 3.26. The van der Waals surface area contributed by atoms with E-state index in [2.05, 4.69) is 47.2 Å². The number of carbonyl (C=O) groups is 1. The zero-order valence-electron chi connectivity index (χ0n) is 17.9. The average molecular weight is 402 g/mol. The molecule has 1 aromatic carbocycles. The highest BCUT2D eigenvalue weighted by atomic mass is 16.5. The second kappa shape index (κ2) is 9.02. The SMILES string of the molecule is CC1(C)Cc2cccc(CN3CCC(CNC(=O)CN4CCOCC4)CC3)c2O1. The minimum Gasteiger partial charge on any atom is -0.487 e. The first-order valence-corrected chi connectivity index (χ1v) is 11.1. The molecule has 0 saturated carbocycles. The standard InChI is InChI=1S/C23H35N3O3/c1-23(2)14-19-4-3-5-20(22(19)29-23)16-25-8-6-18(7-9-25)15-24-21(27)17-26-10-12-28-13-11-26/h3-5,18H,6-17H2,1-2H3,(H,24,27). The van der Waals surface area contributed by atoms with Crippen LogP contribution in [0.2, 0.25) is 0 Å². The van der Waals surface area contributed by atoms with Gasteiger partial charge in [0.15, 0.2) is 0 Å². The third-order valence-corrected chi connectivity index (χ3v) is 6.33. The molecule has 29 heavy (non-hydrogen) atoms. The summed E-state index contributed by atoms with van der Waals surface area (Å²) in [6.45, 7) is 11.9. The van der Waals surface area contributed by atoms with E-state index in [4.69, 9.17) is 9.47 Å². The predicted octanol–water partition coefficient (Wildman–Crippen LogP) is 2.06. The maximum Gasteiger partial charge on any atom is 0.234 e. The van der Waals surface area contributed by atoms with Gasteiger partial charge < -0.3 is 14.8 Å². The molecule has 2 fully saturated rings. The Kier molecular flexibility index (Phi) is 6.42. The number of fused-ring (bicyclic) bond motifs is 1. The summed E-state index contributed by atoms with van der Waals surface area (Å²) >= 11 is 0. The Balaban J connectivity index is 1.20. The number of benzene rings is 1. The van der Waals surface area contributed by atoms with E-state index in [1.54, 1.807) is 0 Å². The highest BCUT2D eigenvalue weighted by molar-refractivity contribution is 5.78. The highest BCUT2D eigenvalue weighted by Crippen LogP contribution is 2.38. The summed E-state index contributed by atoms with van der Waals surface area (Å²) in [5, 5.41) is 3.15. The monoisotopic (exact) mass is 401 g/mol. The zero-order valence-corrected chi connectivity index (χ0v) is 17.9. The van der Waals surface area contributed by atoms with E-state index in [1.807, 2.05) is 0 Å². The lowest BCUT2D eigenvalue weighted by Crippen LogP contribution is -2.45. The molecule has 6 nitrogen and oxygen atoms in total. The molecule has 0 unspecified atom stereocenters. The summed E-state index contributed by atoms with van der Waals surface area (Å²) in [4.78, 5) is 16.9. The van der Waals surface area contributed by atoms with E-state index in [9.17, 15) is 4.79 Å². The molecule has 0 aromatic heterocycles. The predicted molar refractivity (Wildman–Crippen MR) is 113 cm³/mol. The summed E-state index contributed by atoms with van der Waals surface area (Å²) in [6, 6.07) is 6.56. The van der Waals surface area contributed by atoms with Crippen LogP contribution >= 0.6 is 0 Å². The summed E-state index contributed by atoms with van der Waals surface area (Å²) in [7, 11) is 0. The van der Waals surface area contributed by atoms with E-state index in [0.29, 0.717) is 12.5 Å². The minimum atomic E-state index is -0.0924. The van der Waals surface area contributed by atoms with Crippen LogP contribution in [-0.4, -0.2) is 73.8 Å². The molecule has 160 valence electrons. The van der Waals surface area contributed by atoms with Gasteiger partial charge in [0.25, 0.3) is 0 Å². The largest absolute Gasteiger partial charge is 0.487 e.